The van der Waals surface area contributed by atoms with Crippen molar-refractivity contribution in [2.75, 3.05) is 20.1 Å². The lowest BCUT2D eigenvalue weighted by Gasteiger charge is -2.22. The predicted octanol–water partition coefficient (Wildman–Crippen LogP) is 2.41. The quantitative estimate of drug-likeness (QED) is 0.351. The third kappa shape index (κ3) is 6.47. The third-order valence-corrected chi connectivity index (χ3v) is 4.20. The molecular formula is C18H33IN8. The minimum atomic E-state index is 0. The fraction of sp³-hybridized carbons (Fsp3) is 0.667. The van der Waals surface area contributed by atoms with Crippen LogP contribution in [0.4, 0.5) is 0 Å². The maximum absolute atomic E-state index is 4.77. The van der Waals surface area contributed by atoms with Gasteiger partial charge in [0.1, 0.15) is 12.2 Å². The summed E-state index contributed by atoms with van der Waals surface area (Å²) in [5, 5.41) is 16.1. The summed E-state index contributed by atoms with van der Waals surface area (Å²) in [7, 11) is 4.04. The van der Waals surface area contributed by atoms with Crippen molar-refractivity contribution in [3.8, 4) is 0 Å². The van der Waals surface area contributed by atoms with Gasteiger partial charge in [0, 0.05) is 51.9 Å². The van der Waals surface area contributed by atoms with E-state index >= 15 is 0 Å². The highest BCUT2D eigenvalue weighted by Gasteiger charge is 2.15. The molecule has 9 heteroatoms. The molecule has 1 N–H and O–H groups in total. The molecule has 0 bridgehead atoms. The highest BCUT2D eigenvalue weighted by atomic mass is 127. The van der Waals surface area contributed by atoms with Gasteiger partial charge in [-0.2, -0.15) is 5.10 Å². The van der Waals surface area contributed by atoms with Gasteiger partial charge in [-0.15, -0.1) is 34.2 Å². The number of hydrogen-bond donors (Lipinski definition) is 1. The summed E-state index contributed by atoms with van der Waals surface area (Å²) < 4.78 is 3.95. The maximum atomic E-state index is 4.77. The van der Waals surface area contributed by atoms with Gasteiger partial charge in [-0.3, -0.25) is 9.67 Å². The molecule has 152 valence electrons. The standard InChI is InChI=1S/C18H32N8.HI/c1-7-16-22-21-13-26(16)10-9-20-18(19-8-2)24(5)11-15-12-25(6)23-17(15)14(3)4;/h12-14H,7-11H2,1-6H3,(H,19,20);1H. The topological polar surface area (TPSA) is 76.2 Å². The molecule has 27 heavy (non-hydrogen) atoms. The minimum Gasteiger partial charge on any atom is -0.357 e. The van der Waals surface area contributed by atoms with Crippen LogP contribution < -0.4 is 5.32 Å². The zero-order chi connectivity index (χ0) is 19.1. The van der Waals surface area contributed by atoms with E-state index < -0.39 is 0 Å². The Balaban J connectivity index is 0.00000364. The zero-order valence-corrected chi connectivity index (χ0v) is 19.6. The fourth-order valence-electron chi connectivity index (χ4n) is 2.97. The van der Waals surface area contributed by atoms with Crippen LogP contribution in [0.1, 0.15) is 50.7 Å². The molecule has 0 saturated heterocycles. The van der Waals surface area contributed by atoms with Gasteiger partial charge in [0.25, 0.3) is 0 Å². The summed E-state index contributed by atoms with van der Waals surface area (Å²) in [5.41, 5.74) is 2.38. The number of nitrogens with zero attached hydrogens (tertiary/aromatic N) is 7. The molecule has 0 aliphatic rings. The van der Waals surface area contributed by atoms with Crippen LogP contribution in [0, 0.1) is 0 Å². The van der Waals surface area contributed by atoms with Crippen molar-refractivity contribution in [1.82, 2.24) is 34.8 Å². The number of halogens is 1. The van der Waals surface area contributed by atoms with Gasteiger partial charge in [0.2, 0.25) is 0 Å². The van der Waals surface area contributed by atoms with Crippen LogP contribution in [-0.2, 0) is 26.6 Å². The summed E-state index contributed by atoms with van der Waals surface area (Å²) >= 11 is 0. The van der Waals surface area contributed by atoms with Crippen molar-refractivity contribution < 1.29 is 0 Å². The normalized spacial score (nSPS) is 11.6. The molecule has 0 amide bonds. The van der Waals surface area contributed by atoms with E-state index in [0.29, 0.717) is 12.5 Å². The SMILES string of the molecule is CCNC(=NCCn1cnnc1CC)N(C)Cc1cn(C)nc1C(C)C.I. The molecule has 0 aromatic carbocycles. The lowest BCUT2D eigenvalue weighted by molar-refractivity contribution is 0.472. The Morgan fingerprint density at radius 1 is 1.33 bits per heavy atom. The molecule has 0 aliphatic heterocycles. The van der Waals surface area contributed by atoms with Crippen molar-refractivity contribution in [3.63, 3.8) is 0 Å². The summed E-state index contributed by atoms with van der Waals surface area (Å²) in [5.74, 6) is 2.30. The lowest BCUT2D eigenvalue weighted by atomic mass is 10.1. The van der Waals surface area contributed by atoms with E-state index in [1.165, 1.54) is 5.56 Å². The Morgan fingerprint density at radius 2 is 2.07 bits per heavy atom. The summed E-state index contributed by atoms with van der Waals surface area (Å²) in [6.45, 7) is 11.6. The van der Waals surface area contributed by atoms with Crippen molar-refractivity contribution in [3.05, 3.63) is 29.6 Å². The average Bonchev–Trinajstić information content (AvgIpc) is 3.20. The highest BCUT2D eigenvalue weighted by molar-refractivity contribution is 14.0. The second kappa shape index (κ2) is 11.3. The number of aromatic nitrogens is 5. The second-order valence-corrected chi connectivity index (χ2v) is 6.75. The molecule has 2 aromatic heterocycles. The van der Waals surface area contributed by atoms with E-state index in [4.69, 9.17) is 4.99 Å². The monoisotopic (exact) mass is 488 g/mol. The van der Waals surface area contributed by atoms with Crippen LogP contribution in [-0.4, -0.2) is 55.5 Å². The second-order valence-electron chi connectivity index (χ2n) is 6.75. The van der Waals surface area contributed by atoms with E-state index in [1.54, 1.807) is 6.33 Å². The zero-order valence-electron chi connectivity index (χ0n) is 17.3. The third-order valence-electron chi connectivity index (χ3n) is 4.20. The molecular weight excluding hydrogens is 455 g/mol. The molecule has 8 nitrogen and oxygen atoms in total. The van der Waals surface area contributed by atoms with Gasteiger partial charge in [-0.05, 0) is 12.8 Å². The van der Waals surface area contributed by atoms with Gasteiger partial charge in [0.15, 0.2) is 5.96 Å². The number of nitrogens with one attached hydrogen (secondary N) is 1. The predicted molar refractivity (Wildman–Crippen MR) is 120 cm³/mol. The number of aryl methyl sites for hydroxylation is 2. The summed E-state index contributed by atoms with van der Waals surface area (Å²) in [4.78, 5) is 6.92. The van der Waals surface area contributed by atoms with Gasteiger partial charge < -0.3 is 14.8 Å². The van der Waals surface area contributed by atoms with Crippen LogP contribution in [0.3, 0.4) is 0 Å². The van der Waals surface area contributed by atoms with Crippen molar-refractivity contribution in [1.29, 1.82) is 0 Å². The minimum absolute atomic E-state index is 0. The van der Waals surface area contributed by atoms with Crippen molar-refractivity contribution in [2.24, 2.45) is 12.0 Å². The van der Waals surface area contributed by atoms with Gasteiger partial charge >= 0.3 is 0 Å². The summed E-state index contributed by atoms with van der Waals surface area (Å²) in [6, 6.07) is 0. The van der Waals surface area contributed by atoms with Crippen molar-refractivity contribution >= 4 is 29.9 Å². The molecule has 0 aliphatic carbocycles. The largest absolute Gasteiger partial charge is 0.357 e. The first-order valence-corrected chi connectivity index (χ1v) is 9.34. The Hall–Kier alpha value is -1.65. The number of guanidine groups is 1. The molecule has 0 atom stereocenters. The van der Waals surface area contributed by atoms with Crippen molar-refractivity contribution in [2.45, 2.75) is 53.1 Å². The molecule has 0 spiro atoms. The molecule has 0 saturated carbocycles. The summed E-state index contributed by atoms with van der Waals surface area (Å²) in [6.07, 6.45) is 4.75. The number of rotatable bonds is 8. The Labute approximate surface area is 179 Å². The van der Waals surface area contributed by atoms with Gasteiger partial charge in [-0.1, -0.05) is 20.8 Å². The fourth-order valence-corrected chi connectivity index (χ4v) is 2.97. The van der Waals surface area contributed by atoms with E-state index in [1.807, 2.05) is 11.7 Å². The first-order chi connectivity index (χ1) is 12.5. The maximum Gasteiger partial charge on any atom is 0.194 e. The lowest BCUT2D eigenvalue weighted by Crippen LogP contribution is -2.38. The van der Waals surface area contributed by atoms with Gasteiger partial charge in [-0.25, -0.2) is 0 Å². The molecule has 0 unspecified atom stereocenters. The molecule has 0 fully saturated rings. The average molecular weight is 488 g/mol. The number of aliphatic imine (C=N–C) groups is 1. The first-order valence-electron chi connectivity index (χ1n) is 9.34. The van der Waals surface area contributed by atoms with Crippen LogP contribution in [0.5, 0.6) is 0 Å². The van der Waals surface area contributed by atoms with Crippen LogP contribution in [0.25, 0.3) is 0 Å². The van der Waals surface area contributed by atoms with Crippen LogP contribution >= 0.6 is 24.0 Å². The Bertz CT molecular complexity index is 719. The molecule has 2 aromatic rings. The van der Waals surface area contributed by atoms with E-state index in [-0.39, 0.29) is 24.0 Å². The van der Waals surface area contributed by atoms with Crippen LogP contribution in [0.15, 0.2) is 17.5 Å². The highest BCUT2D eigenvalue weighted by Crippen LogP contribution is 2.18. The molecule has 2 rings (SSSR count). The molecule has 2 heterocycles. The van der Waals surface area contributed by atoms with E-state index in [0.717, 1.165) is 43.5 Å². The van der Waals surface area contributed by atoms with E-state index in [9.17, 15) is 0 Å². The Kier molecular flexibility index (Phi) is 9.75. The molecule has 0 radical (unpaired) electrons. The Morgan fingerprint density at radius 3 is 2.70 bits per heavy atom. The van der Waals surface area contributed by atoms with E-state index in [2.05, 4.69) is 71.0 Å². The first kappa shape index (κ1) is 23.4. The number of hydrogen-bond acceptors (Lipinski definition) is 4. The van der Waals surface area contributed by atoms with Crippen LogP contribution in [0.2, 0.25) is 0 Å². The smallest absolute Gasteiger partial charge is 0.194 e. The van der Waals surface area contributed by atoms with Gasteiger partial charge in [0.05, 0.1) is 12.2 Å².